The van der Waals surface area contributed by atoms with Crippen LogP contribution in [0.15, 0.2) is 30.6 Å². The van der Waals surface area contributed by atoms with Gasteiger partial charge in [-0.05, 0) is 24.1 Å². The van der Waals surface area contributed by atoms with Crippen molar-refractivity contribution >= 4 is 17.4 Å². The van der Waals surface area contributed by atoms with Crippen molar-refractivity contribution < 1.29 is 4.79 Å². The standard InChI is InChI=1S/C12H11ClN2O/c1-8-2-3-9(10(13)6-8)7-11(16)12-14-4-5-15-12/h2-6H,7H2,1H3,(H,14,15). The first-order valence-electron chi connectivity index (χ1n) is 4.94. The summed E-state index contributed by atoms with van der Waals surface area (Å²) < 4.78 is 0. The van der Waals surface area contributed by atoms with Gasteiger partial charge in [-0.25, -0.2) is 4.98 Å². The Bertz CT molecular complexity index is 506. The summed E-state index contributed by atoms with van der Waals surface area (Å²) in [7, 11) is 0. The number of nitrogens with zero attached hydrogens (tertiary/aromatic N) is 1. The quantitative estimate of drug-likeness (QED) is 0.830. The number of nitrogens with one attached hydrogen (secondary N) is 1. The monoisotopic (exact) mass is 234 g/mol. The molecule has 0 aliphatic carbocycles. The van der Waals surface area contributed by atoms with Crippen LogP contribution in [0.1, 0.15) is 21.7 Å². The maximum Gasteiger partial charge on any atom is 0.202 e. The van der Waals surface area contributed by atoms with Gasteiger partial charge in [0.25, 0.3) is 0 Å². The highest BCUT2D eigenvalue weighted by Gasteiger charge is 2.11. The molecule has 1 aromatic heterocycles. The first-order chi connectivity index (χ1) is 7.66. The Morgan fingerprint density at radius 2 is 2.31 bits per heavy atom. The molecule has 1 aromatic carbocycles. The molecular formula is C12H11ClN2O. The number of carbonyl (C=O) groups excluding carboxylic acids is 1. The van der Waals surface area contributed by atoms with Gasteiger partial charge in [0.15, 0.2) is 5.82 Å². The topological polar surface area (TPSA) is 45.8 Å². The smallest absolute Gasteiger partial charge is 0.202 e. The highest BCUT2D eigenvalue weighted by Crippen LogP contribution is 2.18. The van der Waals surface area contributed by atoms with Crippen molar-refractivity contribution in [1.29, 1.82) is 0 Å². The minimum absolute atomic E-state index is 0.0595. The van der Waals surface area contributed by atoms with E-state index >= 15 is 0 Å². The lowest BCUT2D eigenvalue weighted by atomic mass is 10.1. The predicted molar refractivity (Wildman–Crippen MR) is 62.8 cm³/mol. The number of ketones is 1. The molecule has 0 aliphatic heterocycles. The predicted octanol–water partition coefficient (Wildman–Crippen LogP) is 2.80. The number of benzene rings is 1. The van der Waals surface area contributed by atoms with E-state index in [0.717, 1.165) is 11.1 Å². The van der Waals surface area contributed by atoms with Crippen LogP contribution in [0.5, 0.6) is 0 Å². The number of hydrogen-bond donors (Lipinski definition) is 1. The molecule has 0 bridgehead atoms. The van der Waals surface area contributed by atoms with Gasteiger partial charge in [-0.15, -0.1) is 0 Å². The highest BCUT2D eigenvalue weighted by atomic mass is 35.5. The van der Waals surface area contributed by atoms with Crippen molar-refractivity contribution in [3.05, 3.63) is 52.6 Å². The van der Waals surface area contributed by atoms with E-state index < -0.39 is 0 Å². The second kappa shape index (κ2) is 4.49. The number of H-pyrrole nitrogens is 1. The van der Waals surface area contributed by atoms with E-state index in [0.29, 0.717) is 10.8 Å². The molecule has 0 unspecified atom stereocenters. The Hall–Kier alpha value is -1.61. The Kier molecular flexibility index (Phi) is 3.06. The number of imidazole rings is 1. The van der Waals surface area contributed by atoms with Crippen molar-refractivity contribution in [1.82, 2.24) is 9.97 Å². The van der Waals surface area contributed by atoms with E-state index in [1.54, 1.807) is 12.4 Å². The minimum Gasteiger partial charge on any atom is -0.342 e. The fourth-order valence-corrected chi connectivity index (χ4v) is 1.77. The first-order valence-corrected chi connectivity index (χ1v) is 5.32. The zero-order valence-corrected chi connectivity index (χ0v) is 9.58. The minimum atomic E-state index is -0.0595. The fraction of sp³-hybridized carbons (Fsp3) is 0.167. The third-order valence-corrected chi connectivity index (χ3v) is 2.67. The molecule has 0 atom stereocenters. The molecule has 2 aromatic rings. The largest absolute Gasteiger partial charge is 0.342 e. The van der Waals surface area contributed by atoms with E-state index in [1.165, 1.54) is 0 Å². The molecule has 1 heterocycles. The molecular weight excluding hydrogens is 224 g/mol. The lowest BCUT2D eigenvalue weighted by molar-refractivity contribution is 0.0984. The summed E-state index contributed by atoms with van der Waals surface area (Å²) in [5.41, 5.74) is 1.91. The van der Waals surface area contributed by atoms with Crippen molar-refractivity contribution in [2.45, 2.75) is 13.3 Å². The lowest BCUT2D eigenvalue weighted by Crippen LogP contribution is -2.06. The van der Waals surface area contributed by atoms with Crippen molar-refractivity contribution in [2.24, 2.45) is 0 Å². The molecule has 0 radical (unpaired) electrons. The number of aryl methyl sites for hydroxylation is 1. The van der Waals surface area contributed by atoms with Crippen LogP contribution in [-0.4, -0.2) is 15.8 Å². The second-order valence-corrected chi connectivity index (χ2v) is 4.04. The number of Topliss-reactive ketones (excluding diaryl/α,β-unsaturated/α-hetero) is 1. The maximum absolute atomic E-state index is 11.8. The third kappa shape index (κ3) is 2.31. The third-order valence-electron chi connectivity index (χ3n) is 2.32. The summed E-state index contributed by atoms with van der Waals surface area (Å²) in [6.45, 7) is 1.96. The van der Waals surface area contributed by atoms with Crippen LogP contribution in [0.2, 0.25) is 5.02 Å². The molecule has 0 spiro atoms. The lowest BCUT2D eigenvalue weighted by Gasteiger charge is -2.03. The number of hydrogen-bond acceptors (Lipinski definition) is 2. The van der Waals surface area contributed by atoms with Crippen molar-refractivity contribution in [3.8, 4) is 0 Å². The Morgan fingerprint density at radius 1 is 1.50 bits per heavy atom. The van der Waals surface area contributed by atoms with Crippen LogP contribution in [0.3, 0.4) is 0 Å². The number of carbonyl (C=O) groups is 1. The summed E-state index contributed by atoms with van der Waals surface area (Å²) in [6, 6.07) is 5.67. The van der Waals surface area contributed by atoms with Crippen molar-refractivity contribution in [3.63, 3.8) is 0 Å². The van der Waals surface area contributed by atoms with Gasteiger partial charge in [-0.2, -0.15) is 0 Å². The van der Waals surface area contributed by atoms with Gasteiger partial charge in [0, 0.05) is 23.8 Å². The first kappa shape index (κ1) is 10.9. The summed E-state index contributed by atoms with van der Waals surface area (Å²) in [4.78, 5) is 18.5. The zero-order chi connectivity index (χ0) is 11.5. The number of rotatable bonds is 3. The number of halogens is 1. The summed E-state index contributed by atoms with van der Waals surface area (Å²) in [5.74, 6) is 0.312. The van der Waals surface area contributed by atoms with Gasteiger partial charge in [-0.1, -0.05) is 23.7 Å². The Morgan fingerprint density at radius 3 is 2.94 bits per heavy atom. The van der Waals surface area contributed by atoms with Gasteiger partial charge in [0.2, 0.25) is 5.78 Å². The number of aromatic nitrogens is 2. The van der Waals surface area contributed by atoms with Gasteiger partial charge in [-0.3, -0.25) is 4.79 Å². The molecule has 16 heavy (non-hydrogen) atoms. The molecule has 0 amide bonds. The van der Waals surface area contributed by atoms with E-state index in [2.05, 4.69) is 9.97 Å². The highest BCUT2D eigenvalue weighted by molar-refractivity contribution is 6.31. The normalized spacial score (nSPS) is 10.4. The second-order valence-electron chi connectivity index (χ2n) is 3.63. The van der Waals surface area contributed by atoms with Crippen LogP contribution in [-0.2, 0) is 6.42 Å². The van der Waals surface area contributed by atoms with Gasteiger partial charge in [0.1, 0.15) is 0 Å². The SMILES string of the molecule is Cc1ccc(CC(=O)c2ncc[nH]2)c(Cl)c1. The Balaban J connectivity index is 2.18. The summed E-state index contributed by atoms with van der Waals surface area (Å²) in [5, 5.41) is 0.625. The molecule has 0 saturated carbocycles. The molecule has 2 rings (SSSR count). The molecule has 0 fully saturated rings. The van der Waals surface area contributed by atoms with Crippen LogP contribution >= 0.6 is 11.6 Å². The molecule has 0 aliphatic rings. The van der Waals surface area contributed by atoms with E-state index in [4.69, 9.17) is 11.6 Å². The van der Waals surface area contributed by atoms with E-state index in [-0.39, 0.29) is 12.2 Å². The average Bonchev–Trinajstić information content (AvgIpc) is 2.75. The van der Waals surface area contributed by atoms with Crippen LogP contribution in [0.25, 0.3) is 0 Å². The molecule has 1 N–H and O–H groups in total. The van der Waals surface area contributed by atoms with Gasteiger partial charge >= 0.3 is 0 Å². The average molecular weight is 235 g/mol. The summed E-state index contributed by atoms with van der Waals surface area (Å²) in [6.07, 6.45) is 3.46. The molecule has 82 valence electrons. The maximum atomic E-state index is 11.8. The van der Waals surface area contributed by atoms with E-state index in [9.17, 15) is 4.79 Å². The van der Waals surface area contributed by atoms with Crippen LogP contribution < -0.4 is 0 Å². The van der Waals surface area contributed by atoms with Crippen LogP contribution in [0, 0.1) is 6.92 Å². The van der Waals surface area contributed by atoms with Gasteiger partial charge in [0.05, 0.1) is 0 Å². The van der Waals surface area contributed by atoms with E-state index in [1.807, 2.05) is 25.1 Å². The van der Waals surface area contributed by atoms with Gasteiger partial charge < -0.3 is 4.98 Å². The summed E-state index contributed by atoms with van der Waals surface area (Å²) >= 11 is 6.05. The zero-order valence-electron chi connectivity index (χ0n) is 8.83. The van der Waals surface area contributed by atoms with Crippen LogP contribution in [0.4, 0.5) is 0 Å². The number of aromatic amines is 1. The Labute approximate surface area is 98.5 Å². The van der Waals surface area contributed by atoms with Crippen molar-refractivity contribution in [2.75, 3.05) is 0 Å². The molecule has 4 heteroatoms. The molecule has 0 saturated heterocycles. The fourth-order valence-electron chi connectivity index (χ4n) is 1.47. The molecule has 3 nitrogen and oxygen atoms in total.